The van der Waals surface area contributed by atoms with Crippen LogP contribution in [0, 0.1) is 0 Å². The first-order valence-corrected chi connectivity index (χ1v) is 5.76. The van der Waals surface area contributed by atoms with Gasteiger partial charge in [-0.25, -0.2) is 0 Å². The number of rotatable bonds is 2. The third-order valence-electron chi connectivity index (χ3n) is 2.66. The topological polar surface area (TPSA) is 0 Å². The zero-order chi connectivity index (χ0) is 10.8. The Labute approximate surface area is 101 Å². The second-order valence-electron chi connectivity index (χ2n) is 3.63. The summed E-state index contributed by atoms with van der Waals surface area (Å²) >= 11 is 9.39. The first-order valence-electron chi connectivity index (χ1n) is 4.90. The van der Waals surface area contributed by atoms with Crippen LogP contribution in [0.15, 0.2) is 42.5 Å². The number of thiol groups is 1. The molecule has 0 fully saturated rings. The number of fused-ring (bicyclic) bond motifs is 1. The largest absolute Gasteiger partial charge is 0.136 e. The van der Waals surface area contributed by atoms with Gasteiger partial charge in [-0.3, -0.25) is 0 Å². The van der Waals surface area contributed by atoms with Crippen molar-refractivity contribution in [2.24, 2.45) is 0 Å². The normalized spacial score (nSPS) is 12.7. The van der Waals surface area contributed by atoms with Crippen molar-refractivity contribution in [2.45, 2.75) is 12.8 Å². The number of benzene rings is 2. The lowest BCUT2D eigenvalue weighted by Crippen LogP contribution is -2.00. The van der Waals surface area contributed by atoms with E-state index in [1.807, 2.05) is 0 Å². The molecule has 0 spiro atoms. The monoisotopic (exact) mass is 232 g/mol. The van der Waals surface area contributed by atoms with Crippen LogP contribution in [-0.4, -0.2) is 4.20 Å². The smallest absolute Gasteiger partial charge is 0.0520 e. The highest BCUT2D eigenvalue weighted by Gasteiger charge is 2.10. The fourth-order valence-electron chi connectivity index (χ4n) is 1.76. The van der Waals surface area contributed by atoms with Crippen LogP contribution in [0.25, 0.3) is 10.8 Å². The fraction of sp³-hybridized carbons (Fsp3) is 0.154. The first kappa shape index (κ1) is 10.7. The first-order chi connectivity index (χ1) is 7.20. The Kier molecular flexibility index (Phi) is 3.08. The molecule has 0 aromatic heterocycles. The molecular formula is C13H12S2. The average molecular weight is 232 g/mol. The van der Waals surface area contributed by atoms with Crippen molar-refractivity contribution >= 4 is 39.8 Å². The van der Waals surface area contributed by atoms with E-state index < -0.39 is 0 Å². The molecule has 0 heterocycles. The van der Waals surface area contributed by atoms with Gasteiger partial charge in [0.25, 0.3) is 0 Å². The lowest BCUT2D eigenvalue weighted by molar-refractivity contribution is 1.07. The quantitative estimate of drug-likeness (QED) is 0.598. The van der Waals surface area contributed by atoms with Crippen molar-refractivity contribution in [3.63, 3.8) is 0 Å². The minimum Gasteiger partial charge on any atom is -0.136 e. The van der Waals surface area contributed by atoms with Crippen molar-refractivity contribution in [3.05, 3.63) is 48.0 Å². The van der Waals surface area contributed by atoms with E-state index in [4.69, 9.17) is 12.2 Å². The zero-order valence-electron chi connectivity index (χ0n) is 8.47. The summed E-state index contributed by atoms with van der Waals surface area (Å²) in [7, 11) is 0. The van der Waals surface area contributed by atoms with E-state index in [0.29, 0.717) is 0 Å². The molecule has 2 aromatic carbocycles. The van der Waals surface area contributed by atoms with Gasteiger partial charge in [-0.15, -0.1) is 12.6 Å². The van der Waals surface area contributed by atoms with E-state index in [2.05, 4.69) is 62.0 Å². The van der Waals surface area contributed by atoms with Crippen LogP contribution >= 0.6 is 24.8 Å². The van der Waals surface area contributed by atoms with E-state index in [-0.39, 0.29) is 5.92 Å². The van der Waals surface area contributed by atoms with Gasteiger partial charge in [-0.1, -0.05) is 61.6 Å². The van der Waals surface area contributed by atoms with Crippen LogP contribution in [0.5, 0.6) is 0 Å². The predicted molar refractivity (Wildman–Crippen MR) is 73.9 cm³/mol. The molecule has 2 aromatic rings. The van der Waals surface area contributed by atoms with Gasteiger partial charge < -0.3 is 0 Å². The third-order valence-corrected chi connectivity index (χ3v) is 3.40. The highest BCUT2D eigenvalue weighted by Crippen LogP contribution is 2.27. The SMILES string of the molecule is CC(C(=S)S)c1cccc2ccccc12. The van der Waals surface area contributed by atoms with E-state index in [1.54, 1.807) is 0 Å². The molecule has 0 bridgehead atoms. The average Bonchev–Trinajstić information content (AvgIpc) is 2.27. The molecule has 0 saturated heterocycles. The fourth-order valence-corrected chi connectivity index (χ4v) is 2.03. The maximum absolute atomic E-state index is 5.13. The molecule has 2 rings (SSSR count). The van der Waals surface area contributed by atoms with Gasteiger partial charge in [0.1, 0.15) is 0 Å². The Morgan fingerprint density at radius 3 is 2.53 bits per heavy atom. The van der Waals surface area contributed by atoms with Crippen molar-refractivity contribution < 1.29 is 0 Å². The van der Waals surface area contributed by atoms with Gasteiger partial charge in [0.05, 0.1) is 4.20 Å². The van der Waals surface area contributed by atoms with Gasteiger partial charge in [0.2, 0.25) is 0 Å². The summed E-state index contributed by atoms with van der Waals surface area (Å²) in [6, 6.07) is 14.7. The van der Waals surface area contributed by atoms with Crippen LogP contribution in [-0.2, 0) is 0 Å². The van der Waals surface area contributed by atoms with E-state index in [0.717, 1.165) is 4.20 Å². The molecule has 15 heavy (non-hydrogen) atoms. The number of hydrogen-bond donors (Lipinski definition) is 1. The second kappa shape index (κ2) is 4.33. The van der Waals surface area contributed by atoms with E-state index in [1.165, 1.54) is 16.3 Å². The molecule has 0 aliphatic carbocycles. The standard InChI is InChI=1S/C13H12S2/c1-9(13(14)15)11-8-4-6-10-5-2-3-7-12(10)11/h2-9H,1H3,(H,14,15). The molecule has 0 aliphatic heterocycles. The van der Waals surface area contributed by atoms with Gasteiger partial charge in [0, 0.05) is 5.92 Å². The highest BCUT2D eigenvalue weighted by atomic mass is 32.1. The molecule has 0 aliphatic rings. The van der Waals surface area contributed by atoms with Crippen LogP contribution < -0.4 is 0 Å². The van der Waals surface area contributed by atoms with Gasteiger partial charge in [0.15, 0.2) is 0 Å². The molecule has 0 nitrogen and oxygen atoms in total. The Morgan fingerprint density at radius 1 is 1.13 bits per heavy atom. The molecule has 0 N–H and O–H groups in total. The van der Waals surface area contributed by atoms with Crippen LogP contribution in [0.1, 0.15) is 18.4 Å². The maximum atomic E-state index is 5.13. The third kappa shape index (κ3) is 2.06. The van der Waals surface area contributed by atoms with Crippen LogP contribution in [0.3, 0.4) is 0 Å². The van der Waals surface area contributed by atoms with Gasteiger partial charge >= 0.3 is 0 Å². The molecule has 1 atom stereocenters. The van der Waals surface area contributed by atoms with E-state index in [9.17, 15) is 0 Å². The summed E-state index contributed by atoms with van der Waals surface area (Å²) in [5.41, 5.74) is 1.26. The minimum atomic E-state index is 0.217. The van der Waals surface area contributed by atoms with Crippen LogP contribution in [0.2, 0.25) is 0 Å². The molecule has 0 amide bonds. The maximum Gasteiger partial charge on any atom is 0.0520 e. The lowest BCUT2D eigenvalue weighted by Gasteiger charge is -2.12. The van der Waals surface area contributed by atoms with Crippen LogP contribution in [0.4, 0.5) is 0 Å². The molecule has 2 heteroatoms. The lowest BCUT2D eigenvalue weighted by atomic mass is 9.96. The summed E-state index contributed by atoms with van der Waals surface area (Å²) in [5.74, 6) is 0.217. The summed E-state index contributed by atoms with van der Waals surface area (Å²) in [6.45, 7) is 2.09. The Hall–Kier alpha value is -0.860. The number of thiocarbonyl (C=S) groups is 1. The predicted octanol–water partition coefficient (Wildman–Crippen LogP) is 4.20. The van der Waals surface area contributed by atoms with Gasteiger partial charge in [-0.2, -0.15) is 0 Å². The summed E-state index contributed by atoms with van der Waals surface area (Å²) in [5, 5.41) is 2.52. The molecule has 0 radical (unpaired) electrons. The zero-order valence-corrected chi connectivity index (χ0v) is 10.2. The summed E-state index contributed by atoms with van der Waals surface area (Å²) in [4.78, 5) is 0. The second-order valence-corrected chi connectivity index (χ2v) is 4.85. The van der Waals surface area contributed by atoms with E-state index >= 15 is 0 Å². The van der Waals surface area contributed by atoms with Crippen molar-refractivity contribution in [2.75, 3.05) is 0 Å². The minimum absolute atomic E-state index is 0.217. The Bertz CT molecular complexity index is 497. The number of hydrogen-bond acceptors (Lipinski definition) is 1. The van der Waals surface area contributed by atoms with Gasteiger partial charge in [-0.05, 0) is 16.3 Å². The van der Waals surface area contributed by atoms with Crippen molar-refractivity contribution in [3.8, 4) is 0 Å². The summed E-state index contributed by atoms with van der Waals surface area (Å²) < 4.78 is 0.742. The molecule has 0 saturated carbocycles. The summed E-state index contributed by atoms with van der Waals surface area (Å²) in [6.07, 6.45) is 0. The highest BCUT2D eigenvalue weighted by molar-refractivity contribution is 8.11. The Balaban J connectivity index is 2.65. The molecule has 1 unspecified atom stereocenters. The van der Waals surface area contributed by atoms with Crippen molar-refractivity contribution in [1.29, 1.82) is 0 Å². The molecular weight excluding hydrogens is 220 g/mol. The Morgan fingerprint density at radius 2 is 1.80 bits per heavy atom. The van der Waals surface area contributed by atoms with Crippen molar-refractivity contribution in [1.82, 2.24) is 0 Å². The molecule has 76 valence electrons.